The van der Waals surface area contributed by atoms with Crippen LogP contribution in [-0.2, 0) is 0 Å². The Bertz CT molecular complexity index is 545. The van der Waals surface area contributed by atoms with E-state index in [0.29, 0.717) is 0 Å². The number of hydrogen-bond donors (Lipinski definition) is 1. The number of hydrogen-bond acceptors (Lipinski definition) is 3. The van der Waals surface area contributed by atoms with Crippen molar-refractivity contribution >= 4 is 15.9 Å². The van der Waals surface area contributed by atoms with Gasteiger partial charge >= 0.3 is 0 Å². The number of aromatic nitrogens is 1. The number of halogens is 1. The molecule has 0 fully saturated rings. The van der Waals surface area contributed by atoms with Crippen molar-refractivity contribution in [3.8, 4) is 11.5 Å². The van der Waals surface area contributed by atoms with Gasteiger partial charge in [0.2, 0.25) is 0 Å². The fourth-order valence-electron chi connectivity index (χ4n) is 1.96. The number of benzene rings is 1. The lowest BCUT2D eigenvalue weighted by Gasteiger charge is -2.18. The van der Waals surface area contributed by atoms with Gasteiger partial charge < -0.3 is 10.1 Å². The van der Waals surface area contributed by atoms with Crippen LogP contribution in [0.4, 0.5) is 0 Å². The van der Waals surface area contributed by atoms with E-state index in [0.717, 1.165) is 34.5 Å². The van der Waals surface area contributed by atoms with Crippen LogP contribution in [0.15, 0.2) is 47.2 Å². The third kappa shape index (κ3) is 4.05. The van der Waals surface area contributed by atoms with E-state index in [1.807, 2.05) is 24.3 Å². The Hall–Kier alpha value is -1.39. The van der Waals surface area contributed by atoms with Gasteiger partial charge in [0.25, 0.3) is 0 Å². The molecule has 1 unspecified atom stereocenters. The third-order valence-corrected chi connectivity index (χ3v) is 3.49. The lowest BCUT2D eigenvalue weighted by atomic mass is 10.1. The maximum atomic E-state index is 5.94. The maximum absolute atomic E-state index is 5.94. The summed E-state index contributed by atoms with van der Waals surface area (Å²) in [5.74, 6) is 1.61. The SMILES string of the molecule is CCCNC(C)c1cc(Br)ccc1Oc1cccnc1. The van der Waals surface area contributed by atoms with E-state index in [-0.39, 0.29) is 6.04 Å². The second-order valence-electron chi connectivity index (χ2n) is 4.65. The van der Waals surface area contributed by atoms with Gasteiger partial charge in [-0.2, -0.15) is 0 Å². The summed E-state index contributed by atoms with van der Waals surface area (Å²) < 4.78 is 6.99. The van der Waals surface area contributed by atoms with E-state index in [4.69, 9.17) is 4.74 Å². The molecule has 0 spiro atoms. The van der Waals surface area contributed by atoms with E-state index in [1.165, 1.54) is 0 Å². The van der Waals surface area contributed by atoms with E-state index in [1.54, 1.807) is 12.4 Å². The molecule has 4 heteroatoms. The summed E-state index contributed by atoms with van der Waals surface area (Å²) in [5, 5.41) is 3.49. The molecule has 2 rings (SSSR count). The zero-order chi connectivity index (χ0) is 14.4. The molecular weight excluding hydrogens is 316 g/mol. The van der Waals surface area contributed by atoms with Crippen LogP contribution >= 0.6 is 15.9 Å². The van der Waals surface area contributed by atoms with Gasteiger partial charge in [-0.3, -0.25) is 4.98 Å². The number of nitrogens with zero attached hydrogens (tertiary/aromatic N) is 1. The van der Waals surface area contributed by atoms with E-state index in [9.17, 15) is 0 Å². The quantitative estimate of drug-likeness (QED) is 0.831. The summed E-state index contributed by atoms with van der Waals surface area (Å²) in [7, 11) is 0. The zero-order valence-corrected chi connectivity index (χ0v) is 13.4. The standard InChI is InChI=1S/C16H19BrN2O/c1-3-8-19-12(2)15-10-13(17)6-7-16(15)20-14-5-4-9-18-11-14/h4-7,9-12,19H,3,8H2,1-2H3. The van der Waals surface area contributed by atoms with Gasteiger partial charge in [-0.25, -0.2) is 0 Å². The number of nitrogens with one attached hydrogen (secondary N) is 1. The molecule has 0 saturated heterocycles. The Balaban J connectivity index is 2.23. The van der Waals surface area contributed by atoms with Crippen molar-refractivity contribution < 1.29 is 4.74 Å². The molecule has 1 aromatic carbocycles. The lowest BCUT2D eigenvalue weighted by Crippen LogP contribution is -2.19. The largest absolute Gasteiger partial charge is 0.455 e. The Morgan fingerprint density at radius 3 is 2.90 bits per heavy atom. The molecule has 0 amide bonds. The van der Waals surface area contributed by atoms with Gasteiger partial charge in [0.05, 0.1) is 6.20 Å². The van der Waals surface area contributed by atoms with Crippen molar-refractivity contribution in [2.75, 3.05) is 6.54 Å². The van der Waals surface area contributed by atoms with Gasteiger partial charge in [-0.05, 0) is 50.2 Å². The van der Waals surface area contributed by atoms with Crippen LogP contribution in [0, 0.1) is 0 Å². The average molecular weight is 335 g/mol. The minimum atomic E-state index is 0.235. The summed E-state index contributed by atoms with van der Waals surface area (Å²) in [4.78, 5) is 4.07. The first-order valence-corrected chi connectivity index (χ1v) is 7.60. The highest BCUT2D eigenvalue weighted by molar-refractivity contribution is 9.10. The molecule has 2 aromatic rings. The Morgan fingerprint density at radius 2 is 2.20 bits per heavy atom. The number of ether oxygens (including phenoxy) is 1. The monoisotopic (exact) mass is 334 g/mol. The molecule has 3 nitrogen and oxygen atoms in total. The van der Waals surface area contributed by atoms with Crippen molar-refractivity contribution in [2.24, 2.45) is 0 Å². The smallest absolute Gasteiger partial charge is 0.145 e. The van der Waals surface area contributed by atoms with E-state index in [2.05, 4.69) is 46.1 Å². The minimum Gasteiger partial charge on any atom is -0.455 e. The lowest BCUT2D eigenvalue weighted by molar-refractivity contribution is 0.459. The Morgan fingerprint density at radius 1 is 1.35 bits per heavy atom. The summed E-state index contributed by atoms with van der Waals surface area (Å²) in [6.07, 6.45) is 4.56. The van der Waals surface area contributed by atoms with Crippen LogP contribution in [0.25, 0.3) is 0 Å². The fraction of sp³-hybridized carbons (Fsp3) is 0.312. The fourth-order valence-corrected chi connectivity index (χ4v) is 2.33. The highest BCUT2D eigenvalue weighted by Gasteiger charge is 2.12. The van der Waals surface area contributed by atoms with Crippen molar-refractivity contribution in [2.45, 2.75) is 26.3 Å². The van der Waals surface area contributed by atoms with Gasteiger partial charge in [0.1, 0.15) is 11.5 Å². The predicted molar refractivity (Wildman–Crippen MR) is 85.2 cm³/mol. The minimum absolute atomic E-state index is 0.235. The highest BCUT2D eigenvalue weighted by Crippen LogP contribution is 2.31. The zero-order valence-electron chi connectivity index (χ0n) is 11.8. The molecule has 0 bridgehead atoms. The Kier molecular flexibility index (Phi) is 5.56. The summed E-state index contributed by atoms with van der Waals surface area (Å²) >= 11 is 3.52. The molecule has 0 aliphatic carbocycles. The normalized spacial score (nSPS) is 12.2. The molecule has 1 atom stereocenters. The van der Waals surface area contributed by atoms with Crippen LogP contribution in [0.3, 0.4) is 0 Å². The summed E-state index contributed by atoms with van der Waals surface area (Å²) in [6.45, 7) is 5.29. The first-order valence-electron chi connectivity index (χ1n) is 6.81. The van der Waals surface area contributed by atoms with Crippen molar-refractivity contribution in [1.82, 2.24) is 10.3 Å². The molecule has 1 aromatic heterocycles. The van der Waals surface area contributed by atoms with E-state index >= 15 is 0 Å². The molecule has 0 aliphatic rings. The molecule has 0 radical (unpaired) electrons. The summed E-state index contributed by atoms with van der Waals surface area (Å²) in [6, 6.07) is 10.1. The van der Waals surface area contributed by atoms with Crippen molar-refractivity contribution in [1.29, 1.82) is 0 Å². The first kappa shape index (κ1) is 15.0. The van der Waals surface area contributed by atoms with Crippen LogP contribution in [0.1, 0.15) is 31.9 Å². The molecule has 0 saturated carbocycles. The van der Waals surface area contributed by atoms with Gasteiger partial charge in [0, 0.05) is 22.3 Å². The highest BCUT2D eigenvalue weighted by atomic mass is 79.9. The molecular formula is C16H19BrN2O. The average Bonchev–Trinajstić information content (AvgIpc) is 2.47. The molecule has 1 N–H and O–H groups in total. The number of pyridine rings is 1. The summed E-state index contributed by atoms with van der Waals surface area (Å²) in [5.41, 5.74) is 1.14. The van der Waals surface area contributed by atoms with Gasteiger partial charge in [-0.15, -0.1) is 0 Å². The van der Waals surface area contributed by atoms with Gasteiger partial charge in [0.15, 0.2) is 0 Å². The maximum Gasteiger partial charge on any atom is 0.145 e. The predicted octanol–water partition coefficient (Wildman–Crippen LogP) is 4.70. The topological polar surface area (TPSA) is 34.1 Å². The molecule has 106 valence electrons. The second-order valence-corrected chi connectivity index (χ2v) is 5.56. The molecule has 0 aliphatic heterocycles. The van der Waals surface area contributed by atoms with Gasteiger partial charge in [-0.1, -0.05) is 22.9 Å². The third-order valence-electron chi connectivity index (χ3n) is 3.00. The molecule has 1 heterocycles. The van der Waals surface area contributed by atoms with Crippen LogP contribution in [-0.4, -0.2) is 11.5 Å². The van der Waals surface area contributed by atoms with Crippen molar-refractivity contribution in [3.63, 3.8) is 0 Å². The van der Waals surface area contributed by atoms with Crippen LogP contribution in [0.2, 0.25) is 0 Å². The Labute approximate surface area is 128 Å². The molecule has 20 heavy (non-hydrogen) atoms. The van der Waals surface area contributed by atoms with E-state index < -0.39 is 0 Å². The first-order chi connectivity index (χ1) is 9.70. The van der Waals surface area contributed by atoms with Crippen LogP contribution < -0.4 is 10.1 Å². The second kappa shape index (κ2) is 7.41. The number of rotatable bonds is 6. The van der Waals surface area contributed by atoms with Crippen molar-refractivity contribution in [3.05, 3.63) is 52.8 Å². The van der Waals surface area contributed by atoms with Crippen LogP contribution in [0.5, 0.6) is 11.5 Å².